The Morgan fingerprint density at radius 1 is 1.22 bits per heavy atom. The van der Waals surface area contributed by atoms with E-state index >= 15 is 0 Å². The Labute approximate surface area is 105 Å². The molecule has 0 unspecified atom stereocenters. The number of anilines is 1. The highest BCUT2D eigenvalue weighted by Crippen LogP contribution is 2.18. The van der Waals surface area contributed by atoms with Crippen LogP contribution in [0.4, 0.5) is 5.69 Å². The molecule has 2 heterocycles. The maximum absolute atomic E-state index is 5.40. The van der Waals surface area contributed by atoms with Gasteiger partial charge in [-0.25, -0.2) is 0 Å². The molecule has 0 bridgehead atoms. The molecule has 0 aliphatic carbocycles. The lowest BCUT2D eigenvalue weighted by atomic mass is 10.2. The van der Waals surface area contributed by atoms with Crippen LogP contribution < -0.4 is 5.32 Å². The first-order chi connectivity index (χ1) is 8.83. The predicted octanol–water partition coefficient (Wildman–Crippen LogP) is 3.75. The molecule has 18 heavy (non-hydrogen) atoms. The fourth-order valence-corrected chi connectivity index (χ4v) is 1.95. The van der Waals surface area contributed by atoms with Crippen LogP contribution in [-0.4, -0.2) is 4.98 Å². The van der Waals surface area contributed by atoms with Crippen molar-refractivity contribution in [3.63, 3.8) is 0 Å². The molecule has 0 fully saturated rings. The predicted molar refractivity (Wildman–Crippen MR) is 72.5 cm³/mol. The maximum Gasteiger partial charge on any atom is 0.125 e. The zero-order chi connectivity index (χ0) is 12.4. The van der Waals surface area contributed by atoms with Gasteiger partial charge in [0.15, 0.2) is 0 Å². The molecule has 0 saturated heterocycles. The molecule has 0 aliphatic rings. The number of aryl methyl sites for hydroxylation is 1. The lowest BCUT2D eigenvalue weighted by Crippen LogP contribution is -1.99. The van der Waals surface area contributed by atoms with Crippen LogP contribution in [0, 0.1) is 6.92 Å². The largest absolute Gasteiger partial charge is 0.467 e. The number of benzene rings is 1. The molecule has 1 aromatic carbocycles. The first-order valence-corrected chi connectivity index (χ1v) is 5.94. The average molecular weight is 238 g/mol. The summed E-state index contributed by atoms with van der Waals surface area (Å²) in [7, 11) is 0. The number of aromatic nitrogens is 1. The minimum atomic E-state index is 0.699. The molecule has 90 valence electrons. The number of hydrogen-bond donors (Lipinski definition) is 1. The Morgan fingerprint density at radius 3 is 3.00 bits per heavy atom. The zero-order valence-corrected chi connectivity index (χ0v) is 10.2. The smallest absolute Gasteiger partial charge is 0.125 e. The summed E-state index contributed by atoms with van der Waals surface area (Å²) in [6.45, 7) is 2.75. The SMILES string of the molecule is Cc1ccoc1CNc1ccc2ncccc2c1. The van der Waals surface area contributed by atoms with Crippen LogP contribution in [-0.2, 0) is 6.54 Å². The molecular formula is C15H14N2O. The van der Waals surface area contributed by atoms with Crippen molar-refractivity contribution in [1.29, 1.82) is 0 Å². The van der Waals surface area contributed by atoms with E-state index in [4.69, 9.17) is 4.42 Å². The second-order valence-corrected chi connectivity index (χ2v) is 4.29. The van der Waals surface area contributed by atoms with E-state index in [0.717, 1.165) is 22.4 Å². The van der Waals surface area contributed by atoms with E-state index in [1.54, 1.807) is 6.26 Å². The second kappa shape index (κ2) is 4.53. The van der Waals surface area contributed by atoms with Gasteiger partial charge in [0.2, 0.25) is 0 Å². The third-order valence-corrected chi connectivity index (χ3v) is 3.02. The molecule has 1 N–H and O–H groups in total. The van der Waals surface area contributed by atoms with Crippen LogP contribution in [0.1, 0.15) is 11.3 Å². The van der Waals surface area contributed by atoms with Gasteiger partial charge in [-0.2, -0.15) is 0 Å². The summed E-state index contributed by atoms with van der Waals surface area (Å²) in [5.41, 5.74) is 3.26. The van der Waals surface area contributed by atoms with Crippen LogP contribution >= 0.6 is 0 Å². The topological polar surface area (TPSA) is 38.1 Å². The number of hydrogen-bond acceptors (Lipinski definition) is 3. The lowest BCUT2D eigenvalue weighted by molar-refractivity contribution is 0.515. The molecule has 3 nitrogen and oxygen atoms in total. The maximum atomic E-state index is 5.40. The first kappa shape index (κ1) is 10.8. The summed E-state index contributed by atoms with van der Waals surface area (Å²) in [6, 6.07) is 12.1. The van der Waals surface area contributed by atoms with E-state index in [1.165, 1.54) is 5.56 Å². The van der Waals surface area contributed by atoms with Gasteiger partial charge in [0.05, 0.1) is 18.3 Å². The zero-order valence-electron chi connectivity index (χ0n) is 10.2. The molecular weight excluding hydrogens is 224 g/mol. The quantitative estimate of drug-likeness (QED) is 0.755. The number of nitrogens with one attached hydrogen (secondary N) is 1. The van der Waals surface area contributed by atoms with Crippen LogP contribution in [0.3, 0.4) is 0 Å². The van der Waals surface area contributed by atoms with Crippen LogP contribution in [0.5, 0.6) is 0 Å². The van der Waals surface area contributed by atoms with Gasteiger partial charge in [-0.15, -0.1) is 0 Å². The van der Waals surface area contributed by atoms with Gasteiger partial charge in [-0.05, 0) is 42.8 Å². The van der Waals surface area contributed by atoms with Crippen molar-refractivity contribution in [2.24, 2.45) is 0 Å². The molecule has 0 amide bonds. The molecule has 0 aliphatic heterocycles. The first-order valence-electron chi connectivity index (χ1n) is 5.94. The summed E-state index contributed by atoms with van der Waals surface area (Å²) < 4.78 is 5.40. The number of rotatable bonds is 3. The summed E-state index contributed by atoms with van der Waals surface area (Å²) in [5, 5.41) is 4.50. The number of fused-ring (bicyclic) bond motifs is 1. The Hall–Kier alpha value is -2.29. The normalized spacial score (nSPS) is 10.7. The average Bonchev–Trinajstić information content (AvgIpc) is 2.82. The van der Waals surface area contributed by atoms with Crippen molar-refractivity contribution >= 4 is 16.6 Å². The fourth-order valence-electron chi connectivity index (χ4n) is 1.95. The minimum absolute atomic E-state index is 0.699. The third-order valence-electron chi connectivity index (χ3n) is 3.02. The van der Waals surface area contributed by atoms with Crippen molar-refractivity contribution in [3.05, 3.63) is 60.2 Å². The fraction of sp³-hybridized carbons (Fsp3) is 0.133. The van der Waals surface area contributed by atoms with E-state index in [9.17, 15) is 0 Å². The van der Waals surface area contributed by atoms with Crippen LogP contribution in [0.25, 0.3) is 10.9 Å². The van der Waals surface area contributed by atoms with Gasteiger partial charge in [0.1, 0.15) is 5.76 Å². The number of nitrogens with zero attached hydrogens (tertiary/aromatic N) is 1. The Balaban J connectivity index is 1.81. The lowest BCUT2D eigenvalue weighted by Gasteiger charge is -2.06. The molecule has 0 atom stereocenters. The van der Waals surface area contributed by atoms with Gasteiger partial charge >= 0.3 is 0 Å². The summed E-state index contributed by atoms with van der Waals surface area (Å²) >= 11 is 0. The molecule has 3 rings (SSSR count). The number of pyridine rings is 1. The summed E-state index contributed by atoms with van der Waals surface area (Å²) in [6.07, 6.45) is 3.53. The molecule has 0 saturated carbocycles. The monoisotopic (exact) mass is 238 g/mol. The van der Waals surface area contributed by atoms with Gasteiger partial charge < -0.3 is 9.73 Å². The van der Waals surface area contributed by atoms with Crippen molar-refractivity contribution in [2.45, 2.75) is 13.5 Å². The third kappa shape index (κ3) is 2.07. The van der Waals surface area contributed by atoms with E-state index in [2.05, 4.69) is 22.4 Å². The van der Waals surface area contributed by atoms with Crippen molar-refractivity contribution in [2.75, 3.05) is 5.32 Å². The summed E-state index contributed by atoms with van der Waals surface area (Å²) in [4.78, 5) is 4.30. The number of furan rings is 1. The van der Waals surface area contributed by atoms with E-state index in [0.29, 0.717) is 6.54 Å². The van der Waals surface area contributed by atoms with Gasteiger partial charge in [-0.3, -0.25) is 4.98 Å². The standard InChI is InChI=1S/C15H14N2O/c1-11-6-8-18-15(11)10-17-13-4-5-14-12(9-13)3-2-7-16-14/h2-9,17H,10H2,1H3. The second-order valence-electron chi connectivity index (χ2n) is 4.29. The van der Waals surface area contributed by atoms with Gasteiger partial charge in [-0.1, -0.05) is 6.07 Å². The van der Waals surface area contributed by atoms with E-state index in [1.807, 2.05) is 37.4 Å². The van der Waals surface area contributed by atoms with E-state index in [-0.39, 0.29) is 0 Å². The molecule has 0 radical (unpaired) electrons. The minimum Gasteiger partial charge on any atom is -0.467 e. The molecule has 2 aromatic heterocycles. The van der Waals surface area contributed by atoms with Crippen molar-refractivity contribution < 1.29 is 4.42 Å². The Morgan fingerprint density at radius 2 is 2.17 bits per heavy atom. The van der Waals surface area contributed by atoms with Gasteiger partial charge in [0.25, 0.3) is 0 Å². The van der Waals surface area contributed by atoms with Crippen molar-refractivity contribution in [3.8, 4) is 0 Å². The Kier molecular flexibility index (Phi) is 2.73. The molecule has 0 spiro atoms. The molecule has 3 aromatic rings. The highest BCUT2D eigenvalue weighted by Gasteiger charge is 2.02. The highest BCUT2D eigenvalue weighted by atomic mass is 16.3. The van der Waals surface area contributed by atoms with Gasteiger partial charge in [0, 0.05) is 17.3 Å². The highest BCUT2D eigenvalue weighted by molar-refractivity contribution is 5.82. The van der Waals surface area contributed by atoms with Crippen molar-refractivity contribution in [1.82, 2.24) is 4.98 Å². The van der Waals surface area contributed by atoms with Crippen LogP contribution in [0.2, 0.25) is 0 Å². The molecule has 3 heteroatoms. The van der Waals surface area contributed by atoms with E-state index < -0.39 is 0 Å². The van der Waals surface area contributed by atoms with Crippen LogP contribution in [0.15, 0.2) is 53.3 Å². The summed E-state index contributed by atoms with van der Waals surface area (Å²) in [5.74, 6) is 0.973. The Bertz CT molecular complexity index is 673.